The summed E-state index contributed by atoms with van der Waals surface area (Å²) in [6, 6.07) is 7.48. The Bertz CT molecular complexity index is 558. The maximum atomic E-state index is 11.7. The predicted octanol–water partition coefficient (Wildman–Crippen LogP) is 2.38. The number of allylic oxidation sites excluding steroid dienone is 3. The molecule has 1 amide bonds. The van der Waals surface area contributed by atoms with Gasteiger partial charge in [-0.1, -0.05) is 18.2 Å². The second kappa shape index (κ2) is 9.90. The Labute approximate surface area is 144 Å². The van der Waals surface area contributed by atoms with Crippen LogP contribution >= 0.6 is 0 Å². The molecule has 1 N–H and O–H groups in total. The number of hydrogen-bond donors (Lipinski definition) is 1. The van der Waals surface area contributed by atoms with Gasteiger partial charge in [0, 0.05) is 44.5 Å². The van der Waals surface area contributed by atoms with Gasteiger partial charge in [0.15, 0.2) is 0 Å². The number of ether oxygens (including phenoxy) is 1. The van der Waals surface area contributed by atoms with Gasteiger partial charge in [0.05, 0.1) is 0 Å². The van der Waals surface area contributed by atoms with Crippen LogP contribution in [0.5, 0.6) is 5.75 Å². The Morgan fingerprint density at radius 3 is 2.54 bits per heavy atom. The lowest BCUT2D eigenvalue weighted by Gasteiger charge is -2.32. The molecule has 0 unspecified atom stereocenters. The lowest BCUT2D eigenvalue weighted by molar-refractivity contribution is -0.111. The molecule has 0 atom stereocenters. The average Bonchev–Trinajstić information content (AvgIpc) is 2.58. The summed E-state index contributed by atoms with van der Waals surface area (Å²) in [7, 11) is 2.16. The molecule has 0 radical (unpaired) electrons. The van der Waals surface area contributed by atoms with Crippen LogP contribution in [0, 0.1) is 0 Å². The summed E-state index contributed by atoms with van der Waals surface area (Å²) < 4.78 is 5.78. The van der Waals surface area contributed by atoms with E-state index in [4.69, 9.17) is 4.74 Å². The van der Waals surface area contributed by atoms with Crippen molar-refractivity contribution >= 4 is 11.6 Å². The van der Waals surface area contributed by atoms with Crippen molar-refractivity contribution < 1.29 is 9.53 Å². The molecular weight excluding hydrogens is 302 g/mol. The van der Waals surface area contributed by atoms with Crippen LogP contribution in [-0.2, 0) is 4.79 Å². The van der Waals surface area contributed by atoms with Crippen molar-refractivity contribution in [2.45, 2.75) is 6.92 Å². The molecule has 0 aromatic heterocycles. The molecule has 0 saturated carbocycles. The first-order valence-electron chi connectivity index (χ1n) is 8.41. The minimum atomic E-state index is -0.142. The highest BCUT2D eigenvalue weighted by Gasteiger charge is 2.13. The van der Waals surface area contributed by atoms with Gasteiger partial charge in [0.25, 0.3) is 0 Å². The van der Waals surface area contributed by atoms with E-state index in [0.29, 0.717) is 6.61 Å². The predicted molar refractivity (Wildman–Crippen MR) is 98.5 cm³/mol. The fourth-order valence-corrected chi connectivity index (χ4v) is 2.44. The highest BCUT2D eigenvalue weighted by molar-refractivity contribution is 5.99. The van der Waals surface area contributed by atoms with E-state index >= 15 is 0 Å². The first kappa shape index (κ1) is 18.2. The van der Waals surface area contributed by atoms with Gasteiger partial charge < -0.3 is 15.0 Å². The molecule has 5 heteroatoms. The molecule has 24 heavy (non-hydrogen) atoms. The van der Waals surface area contributed by atoms with E-state index in [0.717, 1.165) is 44.2 Å². The van der Waals surface area contributed by atoms with Crippen LogP contribution in [0.25, 0.3) is 0 Å². The van der Waals surface area contributed by atoms with Crippen molar-refractivity contribution in [3.63, 3.8) is 0 Å². The largest absolute Gasteiger partial charge is 0.492 e. The van der Waals surface area contributed by atoms with Crippen LogP contribution in [0.15, 0.2) is 48.6 Å². The van der Waals surface area contributed by atoms with Crippen molar-refractivity contribution in [1.82, 2.24) is 9.80 Å². The molecule has 2 rings (SSSR count). The summed E-state index contributed by atoms with van der Waals surface area (Å²) in [5.41, 5.74) is 0.761. The van der Waals surface area contributed by atoms with Crippen molar-refractivity contribution in [3.8, 4) is 5.75 Å². The Kier molecular flexibility index (Phi) is 7.52. The van der Waals surface area contributed by atoms with Gasteiger partial charge in [-0.05, 0) is 38.2 Å². The molecular formula is C19H27N3O2. The number of piperazine rings is 1. The van der Waals surface area contributed by atoms with Crippen LogP contribution < -0.4 is 10.1 Å². The molecule has 1 aromatic carbocycles. The summed E-state index contributed by atoms with van der Waals surface area (Å²) in [5.74, 6) is 0.684. The van der Waals surface area contributed by atoms with E-state index in [1.54, 1.807) is 6.08 Å². The lowest BCUT2D eigenvalue weighted by Crippen LogP contribution is -2.45. The molecule has 0 aliphatic carbocycles. The summed E-state index contributed by atoms with van der Waals surface area (Å²) in [5, 5.41) is 2.81. The van der Waals surface area contributed by atoms with Crippen molar-refractivity contribution in [1.29, 1.82) is 0 Å². The molecule has 1 saturated heterocycles. The first-order chi connectivity index (χ1) is 11.7. The number of carbonyl (C=O) groups excluding carboxylic acids is 1. The molecule has 130 valence electrons. The van der Waals surface area contributed by atoms with Crippen LogP contribution in [-0.4, -0.2) is 62.1 Å². The second-order valence-corrected chi connectivity index (χ2v) is 5.89. The SMILES string of the molecule is C/C=C/C=C/C(=O)Nc1ccc(OCCN2CCN(C)CC2)cc1. The highest BCUT2D eigenvalue weighted by Crippen LogP contribution is 2.15. The molecule has 1 aliphatic rings. The van der Waals surface area contributed by atoms with Gasteiger partial charge in [0.1, 0.15) is 12.4 Å². The number of nitrogens with zero attached hydrogens (tertiary/aromatic N) is 2. The Hall–Kier alpha value is -2.11. The highest BCUT2D eigenvalue weighted by atomic mass is 16.5. The van der Waals surface area contributed by atoms with Crippen molar-refractivity contribution in [2.24, 2.45) is 0 Å². The van der Waals surface area contributed by atoms with E-state index < -0.39 is 0 Å². The third-order valence-corrected chi connectivity index (χ3v) is 3.95. The topological polar surface area (TPSA) is 44.8 Å². The number of amides is 1. The molecule has 0 bridgehead atoms. The Morgan fingerprint density at radius 2 is 1.88 bits per heavy atom. The van der Waals surface area contributed by atoms with Crippen LogP contribution in [0.1, 0.15) is 6.92 Å². The van der Waals surface area contributed by atoms with E-state index in [1.165, 1.54) is 6.08 Å². The first-order valence-corrected chi connectivity index (χ1v) is 8.41. The van der Waals surface area contributed by atoms with Crippen LogP contribution in [0.4, 0.5) is 5.69 Å². The zero-order valence-electron chi connectivity index (χ0n) is 14.6. The summed E-state index contributed by atoms with van der Waals surface area (Å²) >= 11 is 0. The molecule has 1 aromatic rings. The summed E-state index contributed by atoms with van der Waals surface area (Å²) in [6.45, 7) is 7.99. The smallest absolute Gasteiger partial charge is 0.248 e. The summed E-state index contributed by atoms with van der Waals surface area (Å²) in [6.07, 6.45) is 6.90. The van der Waals surface area contributed by atoms with Gasteiger partial charge in [-0.3, -0.25) is 9.69 Å². The van der Waals surface area contributed by atoms with E-state index in [9.17, 15) is 4.79 Å². The maximum Gasteiger partial charge on any atom is 0.248 e. The summed E-state index contributed by atoms with van der Waals surface area (Å²) in [4.78, 5) is 16.4. The molecule has 1 aliphatic heterocycles. The van der Waals surface area contributed by atoms with E-state index in [-0.39, 0.29) is 5.91 Å². The zero-order chi connectivity index (χ0) is 17.2. The number of rotatable bonds is 7. The number of hydrogen-bond acceptors (Lipinski definition) is 4. The third-order valence-electron chi connectivity index (χ3n) is 3.95. The normalized spacial score (nSPS) is 16.8. The second-order valence-electron chi connectivity index (χ2n) is 5.89. The van der Waals surface area contributed by atoms with Crippen LogP contribution in [0.2, 0.25) is 0 Å². The quantitative estimate of drug-likeness (QED) is 0.616. The third kappa shape index (κ3) is 6.56. The molecule has 0 spiro atoms. The van der Waals surface area contributed by atoms with Gasteiger partial charge in [-0.15, -0.1) is 0 Å². The molecule has 1 fully saturated rings. The standard InChI is InChI=1S/C19H27N3O2/c1-3-4-5-6-19(23)20-17-7-9-18(10-8-17)24-16-15-22-13-11-21(2)12-14-22/h3-10H,11-16H2,1-2H3,(H,20,23)/b4-3+,6-5+. The zero-order valence-corrected chi connectivity index (χ0v) is 14.6. The Balaban J connectivity index is 1.70. The number of nitrogens with one attached hydrogen (secondary N) is 1. The van der Waals surface area contributed by atoms with Crippen LogP contribution in [0.3, 0.4) is 0 Å². The number of carbonyl (C=O) groups is 1. The van der Waals surface area contributed by atoms with E-state index in [2.05, 4.69) is 22.2 Å². The van der Waals surface area contributed by atoms with Gasteiger partial charge in [-0.2, -0.15) is 0 Å². The number of benzene rings is 1. The minimum Gasteiger partial charge on any atom is -0.492 e. The Morgan fingerprint density at radius 1 is 1.17 bits per heavy atom. The van der Waals surface area contributed by atoms with Crippen molar-refractivity contribution in [2.75, 3.05) is 51.7 Å². The minimum absolute atomic E-state index is 0.142. The number of anilines is 1. The lowest BCUT2D eigenvalue weighted by atomic mass is 10.3. The maximum absolute atomic E-state index is 11.7. The monoisotopic (exact) mass is 329 g/mol. The number of likely N-dealkylation sites (N-methyl/N-ethyl adjacent to an activating group) is 1. The fraction of sp³-hybridized carbons (Fsp3) is 0.421. The van der Waals surface area contributed by atoms with Gasteiger partial charge in [-0.25, -0.2) is 0 Å². The van der Waals surface area contributed by atoms with Crippen molar-refractivity contribution in [3.05, 3.63) is 48.6 Å². The van der Waals surface area contributed by atoms with E-state index in [1.807, 2.05) is 43.3 Å². The molecule has 1 heterocycles. The van der Waals surface area contributed by atoms with Gasteiger partial charge in [0.2, 0.25) is 5.91 Å². The fourth-order valence-electron chi connectivity index (χ4n) is 2.44. The average molecular weight is 329 g/mol. The molecule has 5 nitrogen and oxygen atoms in total. The van der Waals surface area contributed by atoms with Gasteiger partial charge >= 0.3 is 0 Å².